The highest BCUT2D eigenvalue weighted by molar-refractivity contribution is 8.00. The second-order valence-electron chi connectivity index (χ2n) is 9.90. The Labute approximate surface area is 283 Å². The van der Waals surface area contributed by atoms with Crippen LogP contribution in [0.2, 0.25) is 0 Å². The number of para-hydroxylation sites is 1. The van der Waals surface area contributed by atoms with Gasteiger partial charge in [-0.1, -0.05) is 48.5 Å². The van der Waals surface area contributed by atoms with Gasteiger partial charge in [-0.2, -0.15) is 5.26 Å². The van der Waals surface area contributed by atoms with E-state index >= 15 is 0 Å². The SMILES string of the molecule is Cc1c(C(=O)Nc2ccccc2)sc(NC(=O)CSc2cccc(NC(=O)/C(=C/c3cccs3)NC(=O)c3ccccc3)c2)c1C#N. The summed E-state index contributed by atoms with van der Waals surface area (Å²) < 4.78 is 0. The summed E-state index contributed by atoms with van der Waals surface area (Å²) >= 11 is 3.71. The molecule has 2 aromatic heterocycles. The lowest BCUT2D eigenvalue weighted by atomic mass is 10.1. The van der Waals surface area contributed by atoms with Gasteiger partial charge in [-0.15, -0.1) is 34.4 Å². The lowest BCUT2D eigenvalue weighted by molar-refractivity contribution is -0.114. The highest BCUT2D eigenvalue weighted by atomic mass is 32.2. The number of carbonyl (C=O) groups is 4. The quantitative estimate of drug-likeness (QED) is 0.0850. The molecule has 0 bridgehead atoms. The first-order chi connectivity index (χ1) is 22.8. The van der Waals surface area contributed by atoms with E-state index in [2.05, 4.69) is 27.3 Å². The van der Waals surface area contributed by atoms with Crippen LogP contribution in [-0.2, 0) is 9.59 Å². The first-order valence-electron chi connectivity index (χ1n) is 14.2. The molecule has 47 heavy (non-hydrogen) atoms. The summed E-state index contributed by atoms with van der Waals surface area (Å²) in [5.41, 5.74) is 2.32. The van der Waals surface area contributed by atoms with Crippen LogP contribution in [0.25, 0.3) is 6.08 Å². The van der Waals surface area contributed by atoms with E-state index in [9.17, 15) is 24.4 Å². The zero-order valence-corrected chi connectivity index (χ0v) is 27.4. The van der Waals surface area contributed by atoms with E-state index in [1.165, 1.54) is 23.1 Å². The third-order valence-corrected chi connectivity index (χ3v) is 9.59. The van der Waals surface area contributed by atoms with Crippen molar-refractivity contribution >= 4 is 80.5 Å². The normalized spacial score (nSPS) is 10.9. The molecule has 0 unspecified atom stereocenters. The minimum Gasteiger partial charge on any atom is -0.321 e. The largest absolute Gasteiger partial charge is 0.321 e. The number of nitrogens with zero attached hydrogens (tertiary/aromatic N) is 1. The molecule has 0 atom stereocenters. The molecule has 5 rings (SSSR count). The van der Waals surface area contributed by atoms with E-state index in [0.717, 1.165) is 16.2 Å². The summed E-state index contributed by atoms with van der Waals surface area (Å²) in [6, 6.07) is 30.3. The van der Waals surface area contributed by atoms with Crippen molar-refractivity contribution in [2.24, 2.45) is 0 Å². The number of hydrogen-bond acceptors (Lipinski definition) is 8. The van der Waals surface area contributed by atoms with Crippen LogP contribution in [0.5, 0.6) is 0 Å². The molecule has 0 spiro atoms. The smallest absolute Gasteiger partial charge is 0.272 e. The lowest BCUT2D eigenvalue weighted by Crippen LogP contribution is -2.30. The molecule has 9 nitrogen and oxygen atoms in total. The summed E-state index contributed by atoms with van der Waals surface area (Å²) in [7, 11) is 0. The van der Waals surface area contributed by atoms with Gasteiger partial charge in [0.1, 0.15) is 16.8 Å². The fourth-order valence-electron chi connectivity index (χ4n) is 4.29. The highest BCUT2D eigenvalue weighted by Gasteiger charge is 2.22. The zero-order valence-electron chi connectivity index (χ0n) is 24.9. The second-order valence-corrected chi connectivity index (χ2v) is 13.0. The summed E-state index contributed by atoms with van der Waals surface area (Å²) in [5.74, 6) is -1.63. The number of hydrogen-bond donors (Lipinski definition) is 4. The number of nitriles is 1. The van der Waals surface area contributed by atoms with E-state index in [1.54, 1.807) is 91.9 Å². The maximum Gasteiger partial charge on any atom is 0.272 e. The van der Waals surface area contributed by atoms with Gasteiger partial charge >= 0.3 is 0 Å². The Hall–Kier alpha value is -5.48. The van der Waals surface area contributed by atoms with Gasteiger partial charge in [0.25, 0.3) is 17.7 Å². The number of anilines is 3. The molecule has 0 aliphatic carbocycles. The molecule has 234 valence electrons. The van der Waals surface area contributed by atoms with Gasteiger partial charge in [-0.3, -0.25) is 19.2 Å². The van der Waals surface area contributed by atoms with Crippen LogP contribution in [0, 0.1) is 18.3 Å². The number of benzene rings is 3. The van der Waals surface area contributed by atoms with Crippen molar-refractivity contribution < 1.29 is 19.2 Å². The topological polar surface area (TPSA) is 140 Å². The van der Waals surface area contributed by atoms with Crippen molar-refractivity contribution in [2.45, 2.75) is 11.8 Å². The lowest BCUT2D eigenvalue weighted by Gasteiger charge is -2.12. The van der Waals surface area contributed by atoms with Crippen molar-refractivity contribution in [3.63, 3.8) is 0 Å². The maximum absolute atomic E-state index is 13.3. The number of nitrogens with one attached hydrogen (secondary N) is 4. The number of rotatable bonds is 11. The Bertz CT molecular complexity index is 1980. The minimum absolute atomic E-state index is 0.0153. The van der Waals surface area contributed by atoms with Crippen LogP contribution in [0.1, 0.15) is 36.0 Å². The van der Waals surface area contributed by atoms with Crippen LogP contribution in [0.4, 0.5) is 16.4 Å². The van der Waals surface area contributed by atoms with Gasteiger partial charge in [-0.05, 0) is 72.5 Å². The van der Waals surface area contributed by atoms with Crippen LogP contribution in [-0.4, -0.2) is 29.4 Å². The monoisotopic (exact) mass is 677 g/mol. The van der Waals surface area contributed by atoms with Crippen LogP contribution < -0.4 is 21.3 Å². The Morgan fingerprint density at radius 2 is 1.55 bits per heavy atom. The summed E-state index contributed by atoms with van der Waals surface area (Å²) in [4.78, 5) is 53.8. The Kier molecular flexibility index (Phi) is 11.0. The first kappa shape index (κ1) is 32.9. The number of thiophene rings is 2. The molecule has 0 saturated heterocycles. The Morgan fingerprint density at radius 1 is 0.830 bits per heavy atom. The molecule has 4 N–H and O–H groups in total. The molecule has 5 aromatic rings. The molecular weight excluding hydrogens is 651 g/mol. The minimum atomic E-state index is -0.508. The van der Waals surface area contributed by atoms with E-state index < -0.39 is 11.8 Å². The molecule has 0 aliphatic heterocycles. The second kappa shape index (κ2) is 15.7. The number of carbonyl (C=O) groups excluding carboxylic acids is 4. The van der Waals surface area contributed by atoms with Crippen LogP contribution in [0.15, 0.2) is 113 Å². The van der Waals surface area contributed by atoms with Crippen molar-refractivity contribution in [1.82, 2.24) is 5.32 Å². The molecule has 0 radical (unpaired) electrons. The summed E-state index contributed by atoms with van der Waals surface area (Å²) in [6.45, 7) is 1.67. The summed E-state index contributed by atoms with van der Waals surface area (Å²) in [6.07, 6.45) is 1.61. The zero-order chi connectivity index (χ0) is 33.2. The number of thioether (sulfide) groups is 1. The van der Waals surface area contributed by atoms with Crippen molar-refractivity contribution in [1.29, 1.82) is 5.26 Å². The average Bonchev–Trinajstić information content (AvgIpc) is 3.71. The van der Waals surface area contributed by atoms with Crippen molar-refractivity contribution in [3.8, 4) is 6.07 Å². The molecule has 4 amide bonds. The third kappa shape index (κ3) is 8.83. The molecule has 0 fully saturated rings. The number of amides is 4. The van der Waals surface area contributed by atoms with E-state index in [1.807, 2.05) is 23.6 Å². The van der Waals surface area contributed by atoms with Gasteiger partial charge < -0.3 is 21.3 Å². The van der Waals surface area contributed by atoms with E-state index in [0.29, 0.717) is 37.3 Å². The maximum atomic E-state index is 13.3. The van der Waals surface area contributed by atoms with Crippen molar-refractivity contribution in [2.75, 3.05) is 21.7 Å². The fraction of sp³-hybridized carbons (Fsp3) is 0.0571. The molecule has 2 heterocycles. The van der Waals surface area contributed by atoms with Gasteiger partial charge in [0.2, 0.25) is 5.91 Å². The van der Waals surface area contributed by atoms with Gasteiger partial charge in [0.15, 0.2) is 0 Å². The summed E-state index contributed by atoms with van der Waals surface area (Å²) in [5, 5.41) is 23.0. The highest BCUT2D eigenvalue weighted by Crippen LogP contribution is 2.33. The van der Waals surface area contributed by atoms with Gasteiger partial charge in [0.05, 0.1) is 16.2 Å². The van der Waals surface area contributed by atoms with Crippen LogP contribution >= 0.6 is 34.4 Å². The van der Waals surface area contributed by atoms with E-state index in [-0.39, 0.29) is 28.8 Å². The molecule has 3 aromatic carbocycles. The Balaban J connectivity index is 1.22. The molecule has 0 aliphatic rings. The third-order valence-electron chi connectivity index (χ3n) is 6.57. The molecular formula is C35H27N5O4S3. The van der Waals surface area contributed by atoms with Crippen LogP contribution in [0.3, 0.4) is 0 Å². The van der Waals surface area contributed by atoms with Gasteiger partial charge in [-0.25, -0.2) is 0 Å². The standard InChI is InChI=1S/C35H27N5O4S3/c1-22-28(20-36)35(47-31(22)34(44)37-24-12-6-3-7-13-24)40-30(41)21-46-26-15-8-14-25(18-26)38-33(43)29(19-27-16-9-17-45-27)39-32(42)23-10-4-2-5-11-23/h2-19H,21H2,1H3,(H,37,44)(H,38,43)(H,39,42)(H,40,41)/b29-19-. The predicted octanol–water partition coefficient (Wildman–Crippen LogP) is 7.38. The fourth-order valence-corrected chi connectivity index (χ4v) is 6.77. The first-order valence-corrected chi connectivity index (χ1v) is 16.8. The van der Waals surface area contributed by atoms with E-state index in [4.69, 9.17) is 0 Å². The van der Waals surface area contributed by atoms with Gasteiger partial charge in [0, 0.05) is 26.7 Å². The van der Waals surface area contributed by atoms with Crippen molar-refractivity contribution in [3.05, 3.63) is 135 Å². The predicted molar refractivity (Wildman–Crippen MR) is 189 cm³/mol. The molecule has 12 heteroatoms. The molecule has 0 saturated carbocycles. The average molecular weight is 678 g/mol. The Morgan fingerprint density at radius 3 is 2.26 bits per heavy atom.